The van der Waals surface area contributed by atoms with E-state index < -0.39 is 17.6 Å². The molecule has 0 aliphatic rings. The molecule has 33 heavy (non-hydrogen) atoms. The van der Waals surface area contributed by atoms with E-state index in [9.17, 15) is 18.0 Å². The van der Waals surface area contributed by atoms with Crippen LogP contribution in [0.3, 0.4) is 0 Å². The normalized spacial score (nSPS) is 11.2. The lowest BCUT2D eigenvalue weighted by Crippen LogP contribution is -2.16. The van der Waals surface area contributed by atoms with Gasteiger partial charge in [0.1, 0.15) is 0 Å². The van der Waals surface area contributed by atoms with E-state index in [0.29, 0.717) is 22.6 Å². The van der Waals surface area contributed by atoms with Crippen LogP contribution in [0.2, 0.25) is 0 Å². The van der Waals surface area contributed by atoms with Gasteiger partial charge in [0, 0.05) is 45.5 Å². The molecule has 0 atom stereocenters. The molecule has 0 fully saturated rings. The van der Waals surface area contributed by atoms with E-state index >= 15 is 0 Å². The van der Waals surface area contributed by atoms with Crippen molar-refractivity contribution in [2.24, 2.45) is 5.73 Å². The van der Waals surface area contributed by atoms with Crippen molar-refractivity contribution in [3.63, 3.8) is 0 Å². The number of alkyl halides is 3. The van der Waals surface area contributed by atoms with Crippen LogP contribution in [-0.4, -0.2) is 16.1 Å². The number of nitrogen functional groups attached to an aromatic ring is 1. The van der Waals surface area contributed by atoms with Crippen molar-refractivity contribution in [2.45, 2.75) is 6.18 Å². The van der Waals surface area contributed by atoms with Gasteiger partial charge in [0.2, 0.25) is 5.91 Å². The molecule has 4 aromatic rings. The fourth-order valence-electron chi connectivity index (χ4n) is 3.45. The molecule has 0 radical (unpaired) electrons. The van der Waals surface area contributed by atoms with Gasteiger partial charge in [-0.05, 0) is 42.5 Å². The zero-order chi connectivity index (χ0) is 23.6. The Morgan fingerprint density at radius 3 is 2.27 bits per heavy atom. The summed E-state index contributed by atoms with van der Waals surface area (Å²) >= 11 is 0. The minimum absolute atomic E-state index is 0.0452. The highest BCUT2D eigenvalue weighted by Gasteiger charge is 2.33. The number of carbonyl (C=O) groups excluding carboxylic acids is 1. The van der Waals surface area contributed by atoms with Crippen molar-refractivity contribution >= 4 is 23.0 Å². The second-order valence-electron chi connectivity index (χ2n) is 7.21. The zero-order valence-corrected chi connectivity index (χ0v) is 17.1. The summed E-state index contributed by atoms with van der Waals surface area (Å²) in [6.07, 6.45) is -3.13. The Labute approximate surface area is 187 Å². The molecule has 0 aliphatic heterocycles. The summed E-state index contributed by atoms with van der Waals surface area (Å²) in [6.45, 7) is 0. The lowest BCUT2D eigenvalue weighted by molar-refractivity contribution is -0.137. The Bertz CT molecular complexity index is 1310. The number of nitrogens with zero attached hydrogens (tertiary/aromatic N) is 2. The molecule has 3 aromatic carbocycles. The smallest absolute Gasteiger partial charge is 0.398 e. The lowest BCUT2D eigenvalue weighted by atomic mass is 9.93. The van der Waals surface area contributed by atoms with E-state index in [4.69, 9.17) is 11.5 Å². The summed E-state index contributed by atoms with van der Waals surface area (Å²) in [5.74, 6) is -1.000. The van der Waals surface area contributed by atoms with Gasteiger partial charge in [0.15, 0.2) is 0 Å². The maximum Gasteiger partial charge on any atom is 0.416 e. The molecule has 1 heterocycles. The van der Waals surface area contributed by atoms with Gasteiger partial charge < -0.3 is 16.8 Å². The van der Waals surface area contributed by atoms with Gasteiger partial charge in [0.25, 0.3) is 0 Å². The first-order chi connectivity index (χ1) is 15.7. The maximum atomic E-state index is 13.6. The van der Waals surface area contributed by atoms with E-state index in [2.05, 4.69) is 15.5 Å². The first kappa shape index (κ1) is 21.8. The summed E-state index contributed by atoms with van der Waals surface area (Å²) in [7, 11) is 0. The highest BCUT2D eigenvalue weighted by molar-refractivity contribution is 6.05. The van der Waals surface area contributed by atoms with E-state index in [0.717, 1.165) is 17.7 Å². The van der Waals surface area contributed by atoms with Crippen LogP contribution in [0.15, 0.2) is 79.0 Å². The molecule has 9 heteroatoms. The number of anilines is 3. The van der Waals surface area contributed by atoms with Crippen LogP contribution in [-0.2, 0) is 6.18 Å². The Morgan fingerprint density at radius 2 is 1.67 bits per heavy atom. The Kier molecular flexibility index (Phi) is 5.70. The van der Waals surface area contributed by atoms with Crippen molar-refractivity contribution in [3.05, 3.63) is 90.1 Å². The number of halogens is 3. The van der Waals surface area contributed by atoms with Gasteiger partial charge in [-0.1, -0.05) is 30.3 Å². The SMILES string of the molecule is NC(=O)c1cc(C(F)(F)F)cc(Nc2ccc(-c3cccnn3)cc2)c1-c1ccccc1N. The minimum Gasteiger partial charge on any atom is -0.398 e. The summed E-state index contributed by atoms with van der Waals surface area (Å²) in [5.41, 5.74) is 13.1. The van der Waals surface area contributed by atoms with Crippen molar-refractivity contribution in [1.82, 2.24) is 10.2 Å². The number of hydrogen-bond acceptors (Lipinski definition) is 5. The maximum absolute atomic E-state index is 13.6. The van der Waals surface area contributed by atoms with Crippen LogP contribution >= 0.6 is 0 Å². The van der Waals surface area contributed by atoms with Gasteiger partial charge in [-0.15, -0.1) is 0 Å². The molecule has 0 saturated carbocycles. The largest absolute Gasteiger partial charge is 0.416 e. The summed E-state index contributed by atoms with van der Waals surface area (Å²) in [5, 5.41) is 10.9. The molecule has 0 spiro atoms. The molecule has 1 aromatic heterocycles. The number of rotatable bonds is 5. The predicted molar refractivity (Wildman–Crippen MR) is 121 cm³/mol. The Morgan fingerprint density at radius 1 is 0.939 bits per heavy atom. The van der Waals surface area contributed by atoms with Crippen molar-refractivity contribution in [3.8, 4) is 22.4 Å². The van der Waals surface area contributed by atoms with Crippen LogP contribution in [0, 0.1) is 0 Å². The molecule has 0 bridgehead atoms. The number of benzene rings is 3. The van der Waals surface area contributed by atoms with Crippen LogP contribution in [0.25, 0.3) is 22.4 Å². The van der Waals surface area contributed by atoms with E-state index in [1.165, 1.54) is 0 Å². The van der Waals surface area contributed by atoms with Crippen LogP contribution in [0.5, 0.6) is 0 Å². The molecular formula is C24H18F3N5O. The van der Waals surface area contributed by atoms with E-state index in [-0.39, 0.29) is 16.8 Å². The molecule has 0 saturated heterocycles. The van der Waals surface area contributed by atoms with Gasteiger partial charge in [-0.2, -0.15) is 23.4 Å². The van der Waals surface area contributed by atoms with Gasteiger partial charge in [-0.25, -0.2) is 0 Å². The molecular weight excluding hydrogens is 431 g/mol. The van der Waals surface area contributed by atoms with Gasteiger partial charge in [-0.3, -0.25) is 4.79 Å². The number of carbonyl (C=O) groups is 1. The fourth-order valence-corrected chi connectivity index (χ4v) is 3.45. The zero-order valence-electron chi connectivity index (χ0n) is 17.1. The highest BCUT2D eigenvalue weighted by atomic mass is 19.4. The third kappa shape index (κ3) is 4.62. The lowest BCUT2D eigenvalue weighted by Gasteiger charge is -2.20. The number of nitrogens with one attached hydrogen (secondary N) is 1. The number of aromatic nitrogens is 2. The minimum atomic E-state index is -4.68. The highest BCUT2D eigenvalue weighted by Crippen LogP contribution is 2.41. The molecule has 5 N–H and O–H groups in total. The molecule has 0 unspecified atom stereocenters. The first-order valence-corrected chi connectivity index (χ1v) is 9.79. The second kappa shape index (κ2) is 8.62. The molecule has 0 aliphatic carbocycles. The molecule has 1 amide bonds. The quantitative estimate of drug-likeness (QED) is 0.361. The summed E-state index contributed by atoms with van der Waals surface area (Å²) < 4.78 is 40.8. The topological polar surface area (TPSA) is 107 Å². The monoisotopic (exact) mass is 449 g/mol. The molecule has 166 valence electrons. The van der Waals surface area contributed by atoms with E-state index in [1.54, 1.807) is 66.9 Å². The van der Waals surface area contributed by atoms with Crippen LogP contribution in [0.1, 0.15) is 15.9 Å². The van der Waals surface area contributed by atoms with Crippen molar-refractivity contribution in [2.75, 3.05) is 11.1 Å². The fraction of sp³-hybridized carbons (Fsp3) is 0.0417. The predicted octanol–water partition coefficient (Wildman–Crippen LogP) is 5.25. The Balaban J connectivity index is 1.85. The third-order valence-electron chi connectivity index (χ3n) is 4.99. The van der Waals surface area contributed by atoms with Crippen molar-refractivity contribution < 1.29 is 18.0 Å². The second-order valence-corrected chi connectivity index (χ2v) is 7.21. The summed E-state index contributed by atoms with van der Waals surface area (Å²) in [4.78, 5) is 12.2. The average Bonchev–Trinajstić information content (AvgIpc) is 2.79. The number of nitrogens with two attached hydrogens (primary N) is 2. The molecule has 6 nitrogen and oxygen atoms in total. The van der Waals surface area contributed by atoms with Crippen LogP contribution < -0.4 is 16.8 Å². The third-order valence-corrected chi connectivity index (χ3v) is 4.99. The van der Waals surface area contributed by atoms with Gasteiger partial charge >= 0.3 is 6.18 Å². The number of amides is 1. The first-order valence-electron chi connectivity index (χ1n) is 9.79. The summed E-state index contributed by atoms with van der Waals surface area (Å²) in [6, 6.07) is 18.7. The number of para-hydroxylation sites is 1. The molecule has 4 rings (SSSR count). The van der Waals surface area contributed by atoms with Crippen LogP contribution in [0.4, 0.5) is 30.2 Å². The Hall–Kier alpha value is -4.40. The van der Waals surface area contributed by atoms with Crippen molar-refractivity contribution in [1.29, 1.82) is 0 Å². The standard InChI is InChI=1S/C24H18F3N5O/c25-24(26,27)15-12-18(23(29)33)22(17-4-1-2-5-19(17)28)21(13-15)31-16-9-7-14(8-10-16)20-6-3-11-30-32-20/h1-13,31H,28H2,(H2,29,33). The van der Waals surface area contributed by atoms with Gasteiger partial charge in [0.05, 0.1) is 11.3 Å². The number of hydrogen-bond donors (Lipinski definition) is 3. The average molecular weight is 449 g/mol. The number of primary amides is 1. The van der Waals surface area contributed by atoms with E-state index in [1.807, 2.05) is 0 Å².